The van der Waals surface area contributed by atoms with E-state index in [1.807, 2.05) is 31.2 Å². The molecule has 1 aromatic heterocycles. The number of anilines is 1. The summed E-state index contributed by atoms with van der Waals surface area (Å²) < 4.78 is 14.0. The van der Waals surface area contributed by atoms with Crippen molar-refractivity contribution >= 4 is 21.6 Å². The van der Waals surface area contributed by atoms with E-state index in [1.54, 1.807) is 0 Å². The van der Waals surface area contributed by atoms with E-state index in [1.165, 1.54) is 12.1 Å². The van der Waals surface area contributed by atoms with Crippen molar-refractivity contribution in [2.75, 3.05) is 5.32 Å². The van der Waals surface area contributed by atoms with E-state index in [0.717, 1.165) is 21.5 Å². The van der Waals surface area contributed by atoms with E-state index in [-0.39, 0.29) is 5.82 Å². The van der Waals surface area contributed by atoms with E-state index in [2.05, 4.69) is 26.2 Å². The van der Waals surface area contributed by atoms with Gasteiger partial charge in [-0.2, -0.15) is 0 Å². The summed E-state index contributed by atoms with van der Waals surface area (Å²) in [4.78, 5) is 4.29. The molecule has 0 radical (unpaired) electrons. The summed E-state index contributed by atoms with van der Waals surface area (Å²) in [5.41, 5.74) is 2.57. The van der Waals surface area contributed by atoms with E-state index < -0.39 is 0 Å². The van der Waals surface area contributed by atoms with Gasteiger partial charge in [0.2, 0.25) is 0 Å². The van der Waals surface area contributed by atoms with Crippen LogP contribution in [0, 0.1) is 12.7 Å². The molecule has 17 heavy (non-hydrogen) atoms. The lowest BCUT2D eigenvalue weighted by Gasteiger charge is -2.07. The third-order valence-corrected chi connectivity index (χ3v) is 2.73. The van der Waals surface area contributed by atoms with Crippen LogP contribution in [0.1, 0.15) is 11.3 Å². The van der Waals surface area contributed by atoms with Gasteiger partial charge in [-0.3, -0.25) is 0 Å². The van der Waals surface area contributed by atoms with Crippen molar-refractivity contribution in [3.8, 4) is 0 Å². The van der Waals surface area contributed by atoms with Crippen molar-refractivity contribution in [2.24, 2.45) is 0 Å². The van der Waals surface area contributed by atoms with Gasteiger partial charge in [-0.25, -0.2) is 9.37 Å². The highest BCUT2D eigenvalue weighted by molar-refractivity contribution is 9.10. The van der Waals surface area contributed by atoms with Crippen molar-refractivity contribution < 1.29 is 4.39 Å². The summed E-state index contributed by atoms with van der Waals surface area (Å²) in [5.74, 6) is -0.227. The maximum Gasteiger partial charge on any atom is 0.125 e. The topological polar surface area (TPSA) is 24.9 Å². The Hall–Kier alpha value is -1.42. The van der Waals surface area contributed by atoms with E-state index in [4.69, 9.17) is 0 Å². The van der Waals surface area contributed by atoms with Crippen molar-refractivity contribution in [1.29, 1.82) is 0 Å². The second-order valence-corrected chi connectivity index (χ2v) is 4.63. The first kappa shape index (κ1) is 12.0. The largest absolute Gasteiger partial charge is 0.379 e. The quantitative estimate of drug-likeness (QED) is 0.869. The molecular weight excluding hydrogens is 283 g/mol. The molecule has 0 spiro atoms. The summed E-state index contributed by atoms with van der Waals surface area (Å²) >= 11 is 3.31. The summed E-state index contributed by atoms with van der Waals surface area (Å²) in [5, 5.41) is 3.15. The number of aryl methyl sites for hydroxylation is 1. The molecule has 4 heteroatoms. The summed E-state index contributed by atoms with van der Waals surface area (Å²) in [6.45, 7) is 2.44. The molecule has 0 aliphatic carbocycles. The first-order valence-electron chi connectivity index (χ1n) is 5.26. The smallest absolute Gasteiger partial charge is 0.125 e. The second kappa shape index (κ2) is 5.27. The number of aromatic nitrogens is 1. The molecule has 2 nitrogen and oxygen atoms in total. The molecule has 0 fully saturated rings. The van der Waals surface area contributed by atoms with Crippen LogP contribution in [0.2, 0.25) is 0 Å². The van der Waals surface area contributed by atoms with Gasteiger partial charge in [0.05, 0.1) is 12.2 Å². The number of nitrogens with zero attached hydrogens (tertiary/aromatic N) is 1. The molecule has 0 bridgehead atoms. The molecule has 0 aliphatic rings. The minimum atomic E-state index is -0.227. The Labute approximate surface area is 108 Å². The van der Waals surface area contributed by atoms with Crippen LogP contribution in [0.25, 0.3) is 0 Å². The second-order valence-electron chi connectivity index (χ2n) is 3.82. The molecule has 0 aliphatic heterocycles. The lowest BCUT2D eigenvalue weighted by atomic mass is 10.2. The number of benzene rings is 1. The molecule has 1 aromatic carbocycles. The van der Waals surface area contributed by atoms with Gasteiger partial charge >= 0.3 is 0 Å². The highest BCUT2D eigenvalue weighted by Gasteiger charge is 1.99. The number of nitrogens with one attached hydrogen (secondary N) is 1. The molecule has 0 saturated heterocycles. The maximum atomic E-state index is 13.2. The predicted octanol–water partition coefficient (Wildman–Crippen LogP) is 3.90. The van der Waals surface area contributed by atoms with Gasteiger partial charge in [-0.05, 0) is 58.7 Å². The van der Waals surface area contributed by atoms with E-state index in [9.17, 15) is 4.39 Å². The molecule has 0 saturated carbocycles. The minimum absolute atomic E-state index is 0.227. The van der Waals surface area contributed by atoms with Crippen molar-refractivity contribution in [2.45, 2.75) is 13.5 Å². The normalized spacial score (nSPS) is 10.3. The fourth-order valence-electron chi connectivity index (χ4n) is 1.58. The number of pyridine rings is 1. The average molecular weight is 295 g/mol. The summed E-state index contributed by atoms with van der Waals surface area (Å²) in [6, 6.07) is 10.6. The van der Waals surface area contributed by atoms with Crippen LogP contribution in [0.4, 0.5) is 10.1 Å². The predicted molar refractivity (Wildman–Crippen MR) is 70.4 cm³/mol. The van der Waals surface area contributed by atoms with Gasteiger partial charge in [0, 0.05) is 5.69 Å². The zero-order valence-electron chi connectivity index (χ0n) is 9.37. The van der Waals surface area contributed by atoms with Gasteiger partial charge in [0.25, 0.3) is 0 Å². The van der Waals surface area contributed by atoms with Crippen LogP contribution in [0.3, 0.4) is 0 Å². The highest BCUT2D eigenvalue weighted by Crippen LogP contribution is 2.14. The molecule has 0 atom stereocenters. The van der Waals surface area contributed by atoms with Crippen molar-refractivity contribution in [1.82, 2.24) is 4.98 Å². The maximum absolute atomic E-state index is 13.2. The molecular formula is C13H12BrFN2. The molecule has 1 N–H and O–H groups in total. The van der Waals surface area contributed by atoms with Gasteiger partial charge < -0.3 is 5.32 Å². The Morgan fingerprint density at radius 1 is 1.29 bits per heavy atom. The van der Waals surface area contributed by atoms with Crippen LogP contribution >= 0.6 is 15.9 Å². The van der Waals surface area contributed by atoms with Gasteiger partial charge in [-0.1, -0.05) is 6.07 Å². The van der Waals surface area contributed by atoms with Crippen LogP contribution in [-0.2, 0) is 6.54 Å². The zero-order valence-corrected chi connectivity index (χ0v) is 11.0. The van der Waals surface area contributed by atoms with Gasteiger partial charge in [0.1, 0.15) is 10.4 Å². The first-order chi connectivity index (χ1) is 8.13. The molecule has 2 rings (SSSR count). The Morgan fingerprint density at radius 2 is 2.12 bits per heavy atom. The third-order valence-electron chi connectivity index (χ3n) is 2.29. The number of rotatable bonds is 3. The van der Waals surface area contributed by atoms with Gasteiger partial charge in [-0.15, -0.1) is 0 Å². The number of hydrogen-bond donors (Lipinski definition) is 1. The first-order valence-corrected chi connectivity index (χ1v) is 6.05. The zero-order chi connectivity index (χ0) is 12.3. The SMILES string of the molecule is Cc1cc(F)cc(NCc2cccc(Br)n2)c1. The molecule has 0 unspecified atom stereocenters. The summed E-state index contributed by atoms with van der Waals surface area (Å²) in [7, 11) is 0. The fourth-order valence-corrected chi connectivity index (χ4v) is 1.96. The lowest BCUT2D eigenvalue weighted by Crippen LogP contribution is -2.02. The van der Waals surface area contributed by atoms with Crippen LogP contribution in [0.5, 0.6) is 0 Å². The molecule has 1 heterocycles. The summed E-state index contributed by atoms with van der Waals surface area (Å²) in [6.07, 6.45) is 0. The van der Waals surface area contributed by atoms with E-state index >= 15 is 0 Å². The Morgan fingerprint density at radius 3 is 2.82 bits per heavy atom. The Balaban J connectivity index is 2.07. The average Bonchev–Trinajstić information content (AvgIpc) is 2.25. The van der Waals surface area contributed by atoms with Crippen molar-refractivity contribution in [3.63, 3.8) is 0 Å². The monoisotopic (exact) mass is 294 g/mol. The lowest BCUT2D eigenvalue weighted by molar-refractivity contribution is 0.627. The standard InChI is InChI=1S/C13H12BrFN2/c1-9-5-10(15)7-12(6-9)16-8-11-3-2-4-13(14)17-11/h2-7,16H,8H2,1H3. The van der Waals surface area contributed by atoms with E-state index in [0.29, 0.717) is 6.54 Å². The third kappa shape index (κ3) is 3.53. The molecule has 0 amide bonds. The number of hydrogen-bond acceptors (Lipinski definition) is 2. The Bertz CT molecular complexity index is 508. The van der Waals surface area contributed by atoms with Crippen LogP contribution in [0.15, 0.2) is 41.0 Å². The number of halogens is 2. The fraction of sp³-hybridized carbons (Fsp3) is 0.154. The van der Waals surface area contributed by atoms with Gasteiger partial charge in [0.15, 0.2) is 0 Å². The molecule has 2 aromatic rings. The highest BCUT2D eigenvalue weighted by atomic mass is 79.9. The molecule has 88 valence electrons. The minimum Gasteiger partial charge on any atom is -0.379 e. The van der Waals surface area contributed by atoms with Crippen molar-refractivity contribution in [3.05, 3.63) is 58.1 Å². The van der Waals surface area contributed by atoms with Crippen LogP contribution < -0.4 is 5.32 Å². The van der Waals surface area contributed by atoms with Crippen LogP contribution in [-0.4, -0.2) is 4.98 Å². The Kier molecular flexibility index (Phi) is 3.74.